The molecule has 1 aromatic rings. The lowest BCUT2D eigenvalue weighted by molar-refractivity contribution is -0.149. The number of carbonyl (C=O) groups is 2. The highest BCUT2D eigenvalue weighted by Gasteiger charge is 2.29. The minimum absolute atomic E-state index is 0.0274. The summed E-state index contributed by atoms with van der Waals surface area (Å²) in [5.41, 5.74) is 0.870. The number of carbonyl (C=O) groups excluding carboxylic acids is 2. The summed E-state index contributed by atoms with van der Waals surface area (Å²) in [6.07, 6.45) is 1.35. The van der Waals surface area contributed by atoms with Crippen LogP contribution in [0.3, 0.4) is 0 Å². The second kappa shape index (κ2) is 6.14. The molecule has 1 saturated heterocycles. The van der Waals surface area contributed by atoms with Gasteiger partial charge in [0.25, 0.3) is 5.91 Å². The molecule has 0 aromatic carbocycles. The van der Waals surface area contributed by atoms with Gasteiger partial charge in [0.05, 0.1) is 12.5 Å². The molecular weight excluding hydrogens is 264 g/mol. The lowest BCUT2D eigenvalue weighted by Crippen LogP contribution is -2.40. The number of aromatic nitrogens is 1. The summed E-state index contributed by atoms with van der Waals surface area (Å²) in [5.74, 6) is -0.234. The number of amides is 1. The highest BCUT2D eigenvalue weighted by molar-refractivity contribution is 7.11. The van der Waals surface area contributed by atoms with Gasteiger partial charge in [-0.3, -0.25) is 9.59 Å². The molecular formula is C13H18N2O3S. The van der Waals surface area contributed by atoms with Gasteiger partial charge >= 0.3 is 5.97 Å². The second-order valence-electron chi connectivity index (χ2n) is 4.61. The number of piperidine rings is 1. The molecule has 6 heteroatoms. The molecule has 1 aliphatic heterocycles. The van der Waals surface area contributed by atoms with E-state index in [2.05, 4.69) is 4.98 Å². The molecule has 19 heavy (non-hydrogen) atoms. The van der Waals surface area contributed by atoms with Crippen LogP contribution in [0.5, 0.6) is 0 Å². The molecule has 1 fully saturated rings. The predicted molar refractivity (Wildman–Crippen MR) is 72.1 cm³/mol. The summed E-state index contributed by atoms with van der Waals surface area (Å²) in [7, 11) is 0. The fourth-order valence-corrected chi connectivity index (χ4v) is 2.93. The molecule has 5 nitrogen and oxygen atoms in total. The molecule has 0 atom stereocenters. The fourth-order valence-electron chi connectivity index (χ4n) is 2.17. The van der Waals surface area contributed by atoms with Crippen LogP contribution in [0.15, 0.2) is 5.38 Å². The van der Waals surface area contributed by atoms with Crippen LogP contribution >= 0.6 is 11.3 Å². The van der Waals surface area contributed by atoms with Gasteiger partial charge in [-0.1, -0.05) is 0 Å². The Hall–Kier alpha value is -1.43. The maximum absolute atomic E-state index is 12.2. The summed E-state index contributed by atoms with van der Waals surface area (Å²) in [5, 5.41) is 2.41. The molecule has 0 radical (unpaired) electrons. The van der Waals surface area contributed by atoms with Crippen LogP contribution in [-0.4, -0.2) is 41.5 Å². The summed E-state index contributed by atoms with van der Waals surface area (Å²) in [4.78, 5) is 29.8. The van der Waals surface area contributed by atoms with Gasteiger partial charge in [-0.25, -0.2) is 4.98 Å². The first-order chi connectivity index (χ1) is 9.11. The van der Waals surface area contributed by atoms with Gasteiger partial charge in [0.1, 0.15) is 0 Å². The van der Waals surface area contributed by atoms with E-state index in [-0.39, 0.29) is 17.8 Å². The van der Waals surface area contributed by atoms with Crippen molar-refractivity contribution in [3.05, 3.63) is 16.1 Å². The van der Waals surface area contributed by atoms with Crippen molar-refractivity contribution in [1.29, 1.82) is 0 Å². The Balaban J connectivity index is 1.89. The quantitative estimate of drug-likeness (QED) is 0.794. The highest BCUT2D eigenvalue weighted by atomic mass is 32.1. The minimum Gasteiger partial charge on any atom is -0.466 e. The average molecular weight is 282 g/mol. The van der Waals surface area contributed by atoms with E-state index >= 15 is 0 Å². The maximum Gasteiger partial charge on any atom is 0.309 e. The van der Waals surface area contributed by atoms with E-state index in [1.165, 1.54) is 11.3 Å². The summed E-state index contributed by atoms with van der Waals surface area (Å²) >= 11 is 1.37. The molecule has 1 aromatic heterocycles. The van der Waals surface area contributed by atoms with Crippen LogP contribution < -0.4 is 0 Å². The van der Waals surface area contributed by atoms with Gasteiger partial charge in [0, 0.05) is 24.2 Å². The van der Waals surface area contributed by atoms with Crippen molar-refractivity contribution in [3.8, 4) is 0 Å². The van der Waals surface area contributed by atoms with E-state index < -0.39 is 0 Å². The van der Waals surface area contributed by atoms with Gasteiger partial charge in [-0.05, 0) is 26.7 Å². The normalized spacial score (nSPS) is 16.4. The Labute approximate surface area is 116 Å². The average Bonchev–Trinajstić information content (AvgIpc) is 2.85. The molecule has 2 rings (SSSR count). The van der Waals surface area contributed by atoms with Gasteiger partial charge in [-0.2, -0.15) is 0 Å². The van der Waals surface area contributed by atoms with Crippen molar-refractivity contribution < 1.29 is 14.3 Å². The lowest BCUT2D eigenvalue weighted by Gasteiger charge is -2.30. The number of hydrogen-bond acceptors (Lipinski definition) is 5. The van der Waals surface area contributed by atoms with Crippen LogP contribution in [-0.2, 0) is 9.53 Å². The third-order valence-electron chi connectivity index (χ3n) is 3.20. The SMILES string of the molecule is CCOC(=O)C1CCN(C(=O)c2nc(C)cs2)CC1. The zero-order valence-electron chi connectivity index (χ0n) is 11.2. The molecule has 2 heterocycles. The molecule has 0 N–H and O–H groups in total. The number of likely N-dealkylation sites (tertiary alicyclic amines) is 1. The number of thiazole rings is 1. The van der Waals surface area contributed by atoms with E-state index in [4.69, 9.17) is 4.74 Å². The van der Waals surface area contributed by atoms with E-state index in [0.29, 0.717) is 37.5 Å². The Morgan fingerprint density at radius 2 is 2.16 bits per heavy atom. The Bertz CT molecular complexity index is 464. The summed E-state index contributed by atoms with van der Waals surface area (Å²) in [6.45, 7) is 5.29. The van der Waals surface area contributed by atoms with E-state index in [1.54, 1.807) is 11.8 Å². The summed E-state index contributed by atoms with van der Waals surface area (Å²) in [6, 6.07) is 0. The van der Waals surface area contributed by atoms with Crippen LogP contribution in [0.25, 0.3) is 0 Å². The fraction of sp³-hybridized carbons (Fsp3) is 0.615. The molecule has 0 bridgehead atoms. The first-order valence-electron chi connectivity index (χ1n) is 6.50. The topological polar surface area (TPSA) is 59.5 Å². The number of esters is 1. The first kappa shape index (κ1) is 14.0. The van der Waals surface area contributed by atoms with Crippen LogP contribution in [0.1, 0.15) is 35.3 Å². The van der Waals surface area contributed by atoms with Crippen molar-refractivity contribution >= 4 is 23.2 Å². The Morgan fingerprint density at radius 3 is 2.68 bits per heavy atom. The number of ether oxygens (including phenoxy) is 1. The zero-order valence-corrected chi connectivity index (χ0v) is 12.0. The van der Waals surface area contributed by atoms with Crippen molar-refractivity contribution in [3.63, 3.8) is 0 Å². The van der Waals surface area contributed by atoms with Gasteiger partial charge < -0.3 is 9.64 Å². The van der Waals surface area contributed by atoms with E-state index in [1.807, 2.05) is 12.3 Å². The largest absolute Gasteiger partial charge is 0.466 e. The molecule has 1 aliphatic rings. The molecule has 1 amide bonds. The van der Waals surface area contributed by atoms with Crippen molar-refractivity contribution in [1.82, 2.24) is 9.88 Å². The second-order valence-corrected chi connectivity index (χ2v) is 5.47. The number of hydrogen-bond donors (Lipinski definition) is 0. The van der Waals surface area contributed by atoms with Crippen molar-refractivity contribution in [2.75, 3.05) is 19.7 Å². The molecule has 0 unspecified atom stereocenters. The Kier molecular flexibility index (Phi) is 4.52. The standard InChI is InChI=1S/C13H18N2O3S/c1-3-18-13(17)10-4-6-15(7-5-10)12(16)11-14-9(2)8-19-11/h8,10H,3-7H2,1-2H3. The van der Waals surface area contributed by atoms with Crippen LogP contribution in [0.2, 0.25) is 0 Å². The van der Waals surface area contributed by atoms with Crippen molar-refractivity contribution in [2.24, 2.45) is 5.92 Å². The van der Waals surface area contributed by atoms with E-state index in [0.717, 1.165) is 5.69 Å². The third kappa shape index (κ3) is 3.32. The monoisotopic (exact) mass is 282 g/mol. The van der Waals surface area contributed by atoms with Gasteiger partial charge in [0.15, 0.2) is 5.01 Å². The molecule has 0 spiro atoms. The number of aryl methyl sites for hydroxylation is 1. The Morgan fingerprint density at radius 1 is 1.47 bits per heavy atom. The molecule has 104 valence electrons. The smallest absolute Gasteiger partial charge is 0.309 e. The van der Waals surface area contributed by atoms with Gasteiger partial charge in [0.2, 0.25) is 0 Å². The van der Waals surface area contributed by atoms with Crippen molar-refractivity contribution in [2.45, 2.75) is 26.7 Å². The predicted octanol–water partition coefficient (Wildman–Crippen LogP) is 1.87. The lowest BCUT2D eigenvalue weighted by atomic mass is 9.97. The highest BCUT2D eigenvalue weighted by Crippen LogP contribution is 2.21. The third-order valence-corrected chi connectivity index (χ3v) is 4.15. The van der Waals surface area contributed by atoms with E-state index in [9.17, 15) is 9.59 Å². The van der Waals surface area contributed by atoms with Crippen LogP contribution in [0.4, 0.5) is 0 Å². The minimum atomic E-state index is -0.139. The zero-order chi connectivity index (χ0) is 13.8. The van der Waals surface area contributed by atoms with Crippen LogP contribution in [0, 0.1) is 12.8 Å². The van der Waals surface area contributed by atoms with Gasteiger partial charge in [-0.15, -0.1) is 11.3 Å². The number of nitrogens with zero attached hydrogens (tertiary/aromatic N) is 2. The molecule has 0 saturated carbocycles. The summed E-state index contributed by atoms with van der Waals surface area (Å²) < 4.78 is 5.01. The maximum atomic E-state index is 12.2. The molecule has 0 aliphatic carbocycles. The first-order valence-corrected chi connectivity index (χ1v) is 7.37. The number of rotatable bonds is 3.